The van der Waals surface area contributed by atoms with Crippen LogP contribution in [-0.4, -0.2) is 123 Å². The van der Waals surface area contributed by atoms with Crippen LogP contribution in [0.5, 0.6) is 23.0 Å². The number of hydrogen-bond donors (Lipinski definition) is 2. The van der Waals surface area contributed by atoms with Gasteiger partial charge in [0, 0.05) is 85.6 Å². The molecule has 2 aliphatic rings. The molecule has 0 radical (unpaired) electrons. The summed E-state index contributed by atoms with van der Waals surface area (Å²) in [5, 5.41) is 19.7. The average molecular weight is 1270 g/mol. The van der Waals surface area contributed by atoms with Crippen molar-refractivity contribution >= 4 is 47.0 Å². The molecular formula is C62H82F10O8S4. The van der Waals surface area contributed by atoms with Gasteiger partial charge in [-0.05, 0) is 170 Å². The lowest BCUT2D eigenvalue weighted by Gasteiger charge is -2.43. The van der Waals surface area contributed by atoms with Gasteiger partial charge in [0.25, 0.3) is 0 Å². The molecule has 4 atom stereocenters. The van der Waals surface area contributed by atoms with Crippen LogP contribution < -0.4 is 9.47 Å². The van der Waals surface area contributed by atoms with Gasteiger partial charge in [-0.3, -0.25) is 0 Å². The number of thioether (sulfide) groups is 4. The Morgan fingerprint density at radius 2 is 0.857 bits per heavy atom. The van der Waals surface area contributed by atoms with Gasteiger partial charge >= 0.3 is 24.2 Å². The normalized spacial score (nSPS) is 19.1. The van der Waals surface area contributed by atoms with Crippen LogP contribution in [0.2, 0.25) is 0 Å². The largest absolute Gasteiger partial charge is 0.508 e. The molecule has 2 N–H and O–H groups in total. The van der Waals surface area contributed by atoms with Crippen molar-refractivity contribution in [1.82, 2.24) is 0 Å². The summed E-state index contributed by atoms with van der Waals surface area (Å²) < 4.78 is 158. The van der Waals surface area contributed by atoms with Crippen LogP contribution in [0.3, 0.4) is 0 Å². The molecule has 6 rings (SSSR count). The smallest absolute Gasteiger partial charge is 0.453 e. The Bertz CT molecular complexity index is 2510. The van der Waals surface area contributed by atoms with Crippen molar-refractivity contribution < 1.29 is 82.5 Å². The van der Waals surface area contributed by atoms with E-state index in [1.54, 1.807) is 44.2 Å². The first-order valence-corrected chi connectivity index (χ1v) is 32.8. The third-order valence-electron chi connectivity index (χ3n) is 15.2. The second kappa shape index (κ2) is 35.0. The minimum absolute atomic E-state index is 0.0898. The molecule has 4 aromatic rings. The van der Waals surface area contributed by atoms with Crippen molar-refractivity contribution in [3.63, 3.8) is 0 Å². The van der Waals surface area contributed by atoms with Gasteiger partial charge < -0.3 is 38.6 Å². The van der Waals surface area contributed by atoms with Crippen LogP contribution in [0.25, 0.3) is 0 Å². The zero-order valence-electron chi connectivity index (χ0n) is 48.4. The highest BCUT2D eigenvalue weighted by Crippen LogP contribution is 2.54. The van der Waals surface area contributed by atoms with Gasteiger partial charge in [-0.1, -0.05) is 63.1 Å². The summed E-state index contributed by atoms with van der Waals surface area (Å²) >= 11 is 6.40. The monoisotopic (exact) mass is 1270 g/mol. The van der Waals surface area contributed by atoms with E-state index in [0.29, 0.717) is 43.9 Å². The van der Waals surface area contributed by atoms with Crippen molar-refractivity contribution in [2.24, 2.45) is 0 Å². The molecule has 2 aliphatic heterocycles. The van der Waals surface area contributed by atoms with Crippen molar-refractivity contribution in [3.05, 3.63) is 107 Å². The molecule has 0 bridgehead atoms. The van der Waals surface area contributed by atoms with Crippen molar-refractivity contribution in [2.45, 2.75) is 160 Å². The van der Waals surface area contributed by atoms with Gasteiger partial charge in [0.15, 0.2) is 13.6 Å². The summed E-state index contributed by atoms with van der Waals surface area (Å²) in [5.41, 5.74) is 4.79. The Morgan fingerprint density at radius 3 is 1.31 bits per heavy atom. The zero-order chi connectivity index (χ0) is 61.3. The highest BCUT2D eigenvalue weighted by Gasteiger charge is 2.57. The van der Waals surface area contributed by atoms with Crippen molar-refractivity contribution in [2.75, 3.05) is 88.8 Å². The number of methoxy groups -OCH3 is 2. The molecule has 472 valence electrons. The number of phenols is 2. The molecule has 8 nitrogen and oxygen atoms in total. The van der Waals surface area contributed by atoms with E-state index >= 15 is 0 Å². The highest BCUT2D eigenvalue weighted by molar-refractivity contribution is 8.00. The van der Waals surface area contributed by atoms with Gasteiger partial charge in [-0.2, -0.15) is 67.4 Å². The maximum atomic E-state index is 13.0. The van der Waals surface area contributed by atoms with Gasteiger partial charge in [-0.25, -0.2) is 0 Å². The first-order chi connectivity index (χ1) is 40.0. The predicted octanol–water partition coefficient (Wildman–Crippen LogP) is 18.4. The molecule has 4 aromatic carbocycles. The third kappa shape index (κ3) is 22.0. The number of phenolic OH excluding ortho intramolecular Hbond substituents is 2. The molecule has 0 spiro atoms. The van der Waals surface area contributed by atoms with Crippen LogP contribution in [0.4, 0.5) is 43.9 Å². The molecule has 0 aromatic heterocycles. The summed E-state index contributed by atoms with van der Waals surface area (Å²) in [5.74, 6) is -2.77. The number of hydrogen-bond acceptors (Lipinski definition) is 12. The quantitative estimate of drug-likeness (QED) is 0.0258. The van der Waals surface area contributed by atoms with Gasteiger partial charge in [-0.15, -0.1) is 23.5 Å². The Labute approximate surface area is 506 Å². The molecule has 2 unspecified atom stereocenters. The van der Waals surface area contributed by atoms with E-state index in [-0.39, 0.29) is 60.4 Å². The minimum atomic E-state index is -5.47. The van der Waals surface area contributed by atoms with E-state index < -0.39 is 37.0 Å². The maximum Gasteiger partial charge on any atom is 0.453 e. The number of aromatic hydroxyl groups is 2. The van der Waals surface area contributed by atoms with E-state index in [2.05, 4.69) is 38.1 Å². The molecule has 0 saturated carbocycles. The van der Waals surface area contributed by atoms with Gasteiger partial charge in [0.1, 0.15) is 23.0 Å². The van der Waals surface area contributed by atoms with E-state index in [0.717, 1.165) is 97.9 Å². The topological polar surface area (TPSA) is 95.8 Å². The van der Waals surface area contributed by atoms with Crippen LogP contribution in [0.15, 0.2) is 94.7 Å². The Morgan fingerprint density at radius 1 is 0.476 bits per heavy atom. The fourth-order valence-corrected chi connectivity index (χ4v) is 15.0. The lowest BCUT2D eigenvalue weighted by molar-refractivity contribution is -0.284. The van der Waals surface area contributed by atoms with Crippen molar-refractivity contribution in [3.8, 4) is 23.0 Å². The standard InChI is InChI=1S/C33H45F5O5S2.C29H37F5O3S2/c1-31(25-10-12-26(13-11-25)42-23-39-2)22-45-30-21-27(43-24-40-3)14-15-28(30)29(31)9-4-5-17-41-18-6-7-19-44-20-8-16-32(34,35)33(36,37)38;1-27(21-8-10-22(35)11-9-21)20-39-26-19-23(36)12-13-24(26)25(27)7-2-3-15-37-16-4-5-17-38-18-6-14-28(30,31)29(32,33)34/h10-15,21,29H,4-9,16-20,22-24H2,1-3H3;8-13,19,25,35-36H,2-7,14-18,20H2,1H3/t;25-,27-/m.1/s1. The van der Waals surface area contributed by atoms with Crippen LogP contribution >= 0.6 is 47.0 Å². The number of fused-ring (bicyclic) bond motifs is 2. The number of ether oxygens (including phenoxy) is 6. The number of benzene rings is 4. The van der Waals surface area contributed by atoms with Crippen LogP contribution in [0, 0.1) is 0 Å². The summed E-state index contributed by atoms with van der Waals surface area (Å²) in [6.45, 7) is 7.51. The SMILES string of the molecule is COCOc1ccc(C2(C)CSc3cc(OCOC)ccc3C2CCCCOCCCCSCCCC(F)(F)C(F)(F)F)cc1.C[C@]1(c2ccc(O)cc2)CSc2cc(O)ccc2[C@H]1CCCCOCCCCSCCCC(F)(F)C(F)(F)F. The first kappa shape index (κ1) is 71.4. The van der Waals surface area contributed by atoms with Crippen LogP contribution in [0.1, 0.15) is 138 Å². The lowest BCUT2D eigenvalue weighted by atomic mass is 9.68. The second-order valence-corrected chi connectivity index (χ2v) is 26.1. The molecule has 0 aliphatic carbocycles. The summed E-state index contributed by atoms with van der Waals surface area (Å²) in [6, 6.07) is 27.6. The average Bonchev–Trinajstić information content (AvgIpc) is 1.56. The predicted molar refractivity (Wildman–Crippen MR) is 319 cm³/mol. The van der Waals surface area contributed by atoms with Gasteiger partial charge in [0.05, 0.1) is 0 Å². The highest BCUT2D eigenvalue weighted by atomic mass is 32.2. The molecular weight excluding hydrogens is 1190 g/mol. The molecule has 0 saturated heterocycles. The number of rotatable bonds is 36. The van der Waals surface area contributed by atoms with Gasteiger partial charge in [0.2, 0.25) is 0 Å². The first-order valence-electron chi connectivity index (χ1n) is 28.5. The summed E-state index contributed by atoms with van der Waals surface area (Å²) in [7, 11) is 3.20. The second-order valence-electron chi connectivity index (χ2n) is 21.6. The fraction of sp³-hybridized carbons (Fsp3) is 0.613. The number of unbranched alkanes of at least 4 members (excludes halogenated alkanes) is 4. The zero-order valence-corrected chi connectivity index (χ0v) is 51.6. The molecule has 0 amide bonds. The van der Waals surface area contributed by atoms with E-state index in [1.807, 2.05) is 54.2 Å². The Balaban J connectivity index is 0.000000310. The van der Waals surface area contributed by atoms with E-state index in [9.17, 15) is 54.1 Å². The number of alkyl halides is 10. The Kier molecular flexibility index (Phi) is 29.7. The maximum absolute atomic E-state index is 13.0. The Hall–Kier alpha value is -3.38. The van der Waals surface area contributed by atoms with E-state index in [4.69, 9.17) is 28.4 Å². The minimum Gasteiger partial charge on any atom is -0.508 e. The molecule has 0 fully saturated rings. The molecule has 22 heteroatoms. The van der Waals surface area contributed by atoms with E-state index in [1.165, 1.54) is 50.7 Å². The number of halogens is 10. The van der Waals surface area contributed by atoms with Crippen LogP contribution in [-0.2, 0) is 29.8 Å². The fourth-order valence-electron chi connectivity index (χ4n) is 10.2. The summed E-state index contributed by atoms with van der Waals surface area (Å²) in [6.07, 6.45) is -4.49. The summed E-state index contributed by atoms with van der Waals surface area (Å²) in [4.78, 5) is 2.34. The van der Waals surface area contributed by atoms with Crippen molar-refractivity contribution in [1.29, 1.82) is 0 Å². The molecule has 2 heterocycles. The third-order valence-corrected chi connectivity index (χ3v) is 20.3. The molecule has 84 heavy (non-hydrogen) atoms. The lowest BCUT2D eigenvalue weighted by Crippen LogP contribution is -2.36.